The van der Waals surface area contributed by atoms with Gasteiger partial charge in [-0.25, -0.2) is 0 Å². The molecular formula is C4H7Br3. The zero-order chi connectivity index (χ0) is 5.86. The van der Waals surface area contributed by atoms with Gasteiger partial charge in [0, 0.05) is 15.0 Å². The van der Waals surface area contributed by atoms with Crippen molar-refractivity contribution in [3.05, 3.63) is 0 Å². The molecule has 0 bridgehead atoms. The van der Waals surface area contributed by atoms with Gasteiger partial charge in [-0.3, -0.25) is 0 Å². The summed E-state index contributed by atoms with van der Waals surface area (Å²) in [6, 6.07) is 0. The summed E-state index contributed by atoms with van der Waals surface area (Å²) in [5.74, 6) is 0. The first-order valence-electron chi connectivity index (χ1n) is 2.02. The van der Waals surface area contributed by atoms with Gasteiger partial charge in [0.1, 0.15) is 0 Å². The molecule has 0 nitrogen and oxygen atoms in total. The molecule has 0 aromatic heterocycles. The third-order valence-electron chi connectivity index (χ3n) is 0.646. The summed E-state index contributed by atoms with van der Waals surface area (Å²) in [5, 5.41) is 0.999. The van der Waals surface area contributed by atoms with E-state index < -0.39 is 0 Å². The first-order chi connectivity index (χ1) is 3.18. The summed E-state index contributed by atoms with van der Waals surface area (Å²) >= 11 is 10.2. The third-order valence-corrected chi connectivity index (χ3v) is 4.68. The Hall–Kier alpha value is 1.44. The molecule has 0 aliphatic heterocycles. The predicted molar refractivity (Wildman–Crippen MR) is 44.9 cm³/mol. The Kier molecular flexibility index (Phi) is 5.22. The Labute approximate surface area is 69.4 Å². The van der Waals surface area contributed by atoms with Crippen LogP contribution in [0.25, 0.3) is 0 Å². The van der Waals surface area contributed by atoms with Gasteiger partial charge in [-0.2, -0.15) is 0 Å². The number of hydrogen-bond acceptors (Lipinski definition) is 0. The van der Waals surface area contributed by atoms with Gasteiger partial charge < -0.3 is 0 Å². The minimum atomic E-state index is 0.548. The van der Waals surface area contributed by atoms with Gasteiger partial charge in [-0.05, 0) is 0 Å². The Balaban J connectivity index is 3.14. The van der Waals surface area contributed by atoms with Gasteiger partial charge in [0.15, 0.2) is 0 Å². The SMILES string of the molecule is CC(Br)C(Br)CBr. The normalized spacial score (nSPS) is 18.9. The van der Waals surface area contributed by atoms with Crippen molar-refractivity contribution in [2.24, 2.45) is 0 Å². The fourth-order valence-electron chi connectivity index (χ4n) is 0.123. The average molecular weight is 295 g/mol. The van der Waals surface area contributed by atoms with E-state index in [4.69, 9.17) is 0 Å². The lowest BCUT2D eigenvalue weighted by Gasteiger charge is -2.05. The molecule has 0 aromatic carbocycles. The van der Waals surface area contributed by atoms with Crippen LogP contribution in [0.3, 0.4) is 0 Å². The third kappa shape index (κ3) is 3.98. The van der Waals surface area contributed by atoms with Crippen LogP contribution in [0, 0.1) is 0 Å². The van der Waals surface area contributed by atoms with E-state index >= 15 is 0 Å². The Bertz CT molecular complexity index is 44.2. The Morgan fingerprint density at radius 2 is 1.86 bits per heavy atom. The van der Waals surface area contributed by atoms with Gasteiger partial charge in [0.2, 0.25) is 0 Å². The minimum absolute atomic E-state index is 0.548. The van der Waals surface area contributed by atoms with E-state index in [0.29, 0.717) is 9.65 Å². The molecule has 0 radical (unpaired) electrons. The summed E-state index contributed by atoms with van der Waals surface area (Å²) in [4.78, 5) is 1.10. The standard InChI is InChI=1S/C4H7Br3/c1-3(6)4(7)2-5/h3-4H,2H2,1H3. The highest BCUT2D eigenvalue weighted by atomic mass is 79.9. The Morgan fingerprint density at radius 3 is 1.86 bits per heavy atom. The molecular weight excluding hydrogens is 288 g/mol. The molecule has 2 atom stereocenters. The molecule has 0 saturated carbocycles. The van der Waals surface area contributed by atoms with Crippen LogP contribution >= 0.6 is 47.8 Å². The monoisotopic (exact) mass is 292 g/mol. The molecule has 0 fully saturated rings. The van der Waals surface area contributed by atoms with E-state index in [-0.39, 0.29) is 0 Å². The summed E-state index contributed by atoms with van der Waals surface area (Å²) < 4.78 is 0. The van der Waals surface area contributed by atoms with Crippen LogP contribution in [-0.4, -0.2) is 15.0 Å². The predicted octanol–water partition coefficient (Wildman–Crippen LogP) is 2.93. The second kappa shape index (κ2) is 4.33. The molecule has 3 heteroatoms. The fraction of sp³-hybridized carbons (Fsp3) is 1.00. The van der Waals surface area contributed by atoms with Gasteiger partial charge in [0.05, 0.1) is 0 Å². The molecule has 0 amide bonds. The quantitative estimate of drug-likeness (QED) is 0.687. The fourth-order valence-corrected chi connectivity index (χ4v) is 1.37. The first kappa shape index (κ1) is 8.44. The lowest BCUT2D eigenvalue weighted by molar-refractivity contribution is 0.976. The van der Waals surface area contributed by atoms with Crippen LogP contribution in [0.4, 0.5) is 0 Å². The van der Waals surface area contributed by atoms with Crippen LogP contribution in [0.15, 0.2) is 0 Å². The smallest absolute Gasteiger partial charge is 0.0365 e. The molecule has 7 heavy (non-hydrogen) atoms. The number of alkyl halides is 3. The molecule has 0 heterocycles. The highest BCUT2D eigenvalue weighted by molar-refractivity contribution is 9.13. The molecule has 0 aliphatic carbocycles. The molecule has 0 spiro atoms. The molecule has 0 rings (SSSR count). The highest BCUT2D eigenvalue weighted by Gasteiger charge is 2.06. The van der Waals surface area contributed by atoms with E-state index in [9.17, 15) is 0 Å². The maximum Gasteiger partial charge on any atom is 0.0365 e. The van der Waals surface area contributed by atoms with Crippen LogP contribution in [0.2, 0.25) is 0 Å². The van der Waals surface area contributed by atoms with Crippen molar-refractivity contribution in [3.8, 4) is 0 Å². The van der Waals surface area contributed by atoms with Crippen LogP contribution in [0.1, 0.15) is 6.92 Å². The van der Waals surface area contributed by atoms with Crippen LogP contribution in [0.5, 0.6) is 0 Å². The second-order valence-corrected chi connectivity index (χ2v) is 4.62. The second-order valence-electron chi connectivity index (χ2n) is 1.35. The summed E-state index contributed by atoms with van der Waals surface area (Å²) in [6.45, 7) is 2.11. The molecule has 0 aromatic rings. The zero-order valence-electron chi connectivity index (χ0n) is 4.00. The van der Waals surface area contributed by atoms with Crippen molar-refractivity contribution in [2.75, 3.05) is 5.33 Å². The maximum absolute atomic E-state index is 3.45. The summed E-state index contributed by atoms with van der Waals surface area (Å²) in [6.07, 6.45) is 0. The van der Waals surface area contributed by atoms with Crippen molar-refractivity contribution in [3.63, 3.8) is 0 Å². The van der Waals surface area contributed by atoms with E-state index in [1.165, 1.54) is 0 Å². The zero-order valence-corrected chi connectivity index (χ0v) is 8.75. The summed E-state index contributed by atoms with van der Waals surface area (Å²) in [5.41, 5.74) is 0. The van der Waals surface area contributed by atoms with Crippen LogP contribution < -0.4 is 0 Å². The van der Waals surface area contributed by atoms with Gasteiger partial charge in [-0.1, -0.05) is 54.7 Å². The largest absolute Gasteiger partial charge is 0.0916 e. The minimum Gasteiger partial charge on any atom is -0.0916 e. The van der Waals surface area contributed by atoms with Gasteiger partial charge in [0.25, 0.3) is 0 Å². The van der Waals surface area contributed by atoms with Gasteiger partial charge in [-0.15, -0.1) is 0 Å². The van der Waals surface area contributed by atoms with E-state index in [1.807, 2.05) is 0 Å². The lowest BCUT2D eigenvalue weighted by Crippen LogP contribution is -2.09. The van der Waals surface area contributed by atoms with Crippen molar-refractivity contribution >= 4 is 47.8 Å². The van der Waals surface area contributed by atoms with Gasteiger partial charge >= 0.3 is 0 Å². The van der Waals surface area contributed by atoms with Crippen molar-refractivity contribution in [1.82, 2.24) is 0 Å². The van der Waals surface area contributed by atoms with Crippen LogP contribution in [-0.2, 0) is 0 Å². The Morgan fingerprint density at radius 1 is 1.43 bits per heavy atom. The molecule has 44 valence electrons. The lowest BCUT2D eigenvalue weighted by atomic mass is 10.4. The topological polar surface area (TPSA) is 0 Å². The van der Waals surface area contributed by atoms with E-state index in [2.05, 4.69) is 54.7 Å². The van der Waals surface area contributed by atoms with E-state index in [1.54, 1.807) is 0 Å². The number of hydrogen-bond donors (Lipinski definition) is 0. The first-order valence-corrected chi connectivity index (χ1v) is 4.98. The number of rotatable bonds is 2. The maximum atomic E-state index is 3.45. The van der Waals surface area contributed by atoms with Crippen molar-refractivity contribution in [1.29, 1.82) is 0 Å². The number of halogens is 3. The molecule has 0 N–H and O–H groups in total. The summed E-state index contributed by atoms with van der Waals surface area (Å²) in [7, 11) is 0. The average Bonchev–Trinajstić information content (AvgIpc) is 1.65. The molecule has 0 saturated heterocycles. The molecule has 2 unspecified atom stereocenters. The van der Waals surface area contributed by atoms with E-state index in [0.717, 1.165) is 5.33 Å². The van der Waals surface area contributed by atoms with Crippen molar-refractivity contribution < 1.29 is 0 Å². The molecule has 0 aliphatic rings. The van der Waals surface area contributed by atoms with Crippen molar-refractivity contribution in [2.45, 2.75) is 16.6 Å². The highest BCUT2D eigenvalue weighted by Crippen LogP contribution is 2.14.